The molecule has 0 saturated carbocycles. The molecule has 0 fully saturated rings. The number of quaternary nitrogens is 1. The van der Waals surface area contributed by atoms with Gasteiger partial charge in [0.2, 0.25) is 5.91 Å². The van der Waals surface area contributed by atoms with Crippen LogP contribution < -0.4 is 5.32 Å². The molecule has 0 spiro atoms. The number of phosphoric acid groups is 1. The van der Waals surface area contributed by atoms with Crippen LogP contribution in [-0.4, -0.2) is 73.4 Å². The van der Waals surface area contributed by atoms with Crippen molar-refractivity contribution in [3.63, 3.8) is 0 Å². The summed E-state index contributed by atoms with van der Waals surface area (Å²) in [5, 5.41) is 13.3. The molecule has 0 rings (SSSR count). The summed E-state index contributed by atoms with van der Waals surface area (Å²) in [5.41, 5.74) is 0. The van der Waals surface area contributed by atoms with Crippen LogP contribution in [0.5, 0.6) is 0 Å². The molecule has 0 aromatic carbocycles. The van der Waals surface area contributed by atoms with Crippen LogP contribution in [0.15, 0.2) is 24.3 Å². The Morgan fingerprint density at radius 1 is 0.846 bits per heavy atom. The molecule has 1 amide bonds. The number of hydrogen-bond donors (Lipinski definition) is 3. The maximum absolute atomic E-state index is 12.2. The average Bonchev–Trinajstić information content (AvgIpc) is 2.85. The van der Waals surface area contributed by atoms with E-state index in [1.807, 2.05) is 34.1 Å². The number of nitrogens with zero attached hydrogens (tertiary/aromatic N) is 1. The summed E-state index contributed by atoms with van der Waals surface area (Å²) >= 11 is 0. The minimum Gasteiger partial charge on any atom is -0.387 e. The fourth-order valence-electron chi connectivity index (χ4n) is 3.92. The average molecular weight is 576 g/mol. The smallest absolute Gasteiger partial charge is 0.387 e. The summed E-state index contributed by atoms with van der Waals surface area (Å²) in [7, 11) is 1.54. The van der Waals surface area contributed by atoms with Crippen LogP contribution in [0.4, 0.5) is 0 Å². The lowest BCUT2D eigenvalue weighted by atomic mass is 10.1. The summed E-state index contributed by atoms with van der Waals surface area (Å²) in [6.45, 7) is 4.39. The number of aliphatic hydroxyl groups excluding tert-OH is 1. The van der Waals surface area contributed by atoms with Gasteiger partial charge >= 0.3 is 7.82 Å². The summed E-state index contributed by atoms with van der Waals surface area (Å²) < 4.78 is 23.0. The maximum Gasteiger partial charge on any atom is 0.472 e. The quantitative estimate of drug-likeness (QED) is 0.0460. The van der Waals surface area contributed by atoms with Gasteiger partial charge in [-0.25, -0.2) is 4.57 Å². The van der Waals surface area contributed by atoms with E-state index in [1.165, 1.54) is 64.2 Å². The molecule has 0 aliphatic carbocycles. The molecule has 3 N–H and O–H groups in total. The van der Waals surface area contributed by atoms with Gasteiger partial charge in [-0.2, -0.15) is 0 Å². The second-order valence-electron chi connectivity index (χ2n) is 11.5. The standard InChI is InChI=1S/C30H59N2O6P/c1-6-8-9-10-11-12-13-14-15-16-17-18-19-20-21-22-24-29(33)28(31-30(34)23-7-2)27-38-39(35,36)37-26-25-32(3,4)5/h18-19,22,24,28-29,33H,6-17,20-21,23,25-27H2,1-5H3,(H-,31,34,35,36)/p+1/b19-18+,24-22+. The zero-order valence-electron chi connectivity index (χ0n) is 25.6. The van der Waals surface area contributed by atoms with Gasteiger partial charge in [0.05, 0.1) is 39.9 Å². The Hall–Kier alpha value is -1.02. The Morgan fingerprint density at radius 2 is 1.41 bits per heavy atom. The Morgan fingerprint density at radius 3 is 2.00 bits per heavy atom. The zero-order chi connectivity index (χ0) is 29.4. The van der Waals surface area contributed by atoms with Gasteiger partial charge in [0.15, 0.2) is 0 Å². The van der Waals surface area contributed by atoms with Crippen molar-refractivity contribution < 1.29 is 32.9 Å². The first-order valence-electron chi connectivity index (χ1n) is 15.2. The third-order valence-corrected chi connectivity index (χ3v) is 7.38. The molecule has 0 aliphatic heterocycles. The van der Waals surface area contributed by atoms with Crippen molar-refractivity contribution >= 4 is 13.7 Å². The van der Waals surface area contributed by atoms with E-state index in [2.05, 4.69) is 24.4 Å². The zero-order valence-corrected chi connectivity index (χ0v) is 26.5. The Balaban J connectivity index is 4.31. The number of phosphoric ester groups is 1. The lowest BCUT2D eigenvalue weighted by Crippen LogP contribution is -2.45. The van der Waals surface area contributed by atoms with Gasteiger partial charge in [0.1, 0.15) is 13.2 Å². The molecule has 0 aliphatic rings. The maximum atomic E-state index is 12.2. The van der Waals surface area contributed by atoms with Gasteiger partial charge in [0.25, 0.3) is 0 Å². The Labute approximate surface area is 239 Å². The van der Waals surface area contributed by atoms with Crippen molar-refractivity contribution in [2.45, 2.75) is 122 Å². The van der Waals surface area contributed by atoms with Crippen LogP contribution >= 0.6 is 7.82 Å². The van der Waals surface area contributed by atoms with Crippen molar-refractivity contribution in [3.8, 4) is 0 Å². The molecule has 39 heavy (non-hydrogen) atoms. The van der Waals surface area contributed by atoms with Crippen molar-refractivity contribution in [3.05, 3.63) is 24.3 Å². The van der Waals surface area contributed by atoms with E-state index in [9.17, 15) is 19.4 Å². The number of carbonyl (C=O) groups excluding carboxylic acids is 1. The van der Waals surface area contributed by atoms with Gasteiger partial charge in [-0.15, -0.1) is 0 Å². The lowest BCUT2D eigenvalue weighted by molar-refractivity contribution is -0.870. The fourth-order valence-corrected chi connectivity index (χ4v) is 4.66. The molecule has 0 heterocycles. The van der Waals surface area contributed by atoms with Crippen molar-refractivity contribution in [1.29, 1.82) is 0 Å². The number of carbonyl (C=O) groups is 1. The SMILES string of the molecule is CCCCCCCCCCCC/C=C/CC/C=C/C(O)C(COP(=O)(O)OCC[N+](C)(C)C)NC(=O)CCC. The number of allylic oxidation sites excluding steroid dienone is 3. The molecule has 230 valence electrons. The van der Waals surface area contributed by atoms with E-state index in [0.29, 0.717) is 23.9 Å². The molecule has 0 aromatic heterocycles. The molecule has 0 aromatic rings. The lowest BCUT2D eigenvalue weighted by Gasteiger charge is -2.25. The predicted octanol–water partition coefficient (Wildman–Crippen LogP) is 6.68. The van der Waals surface area contributed by atoms with E-state index in [1.54, 1.807) is 6.08 Å². The Bertz CT molecular complexity index is 708. The van der Waals surface area contributed by atoms with E-state index >= 15 is 0 Å². The van der Waals surface area contributed by atoms with Crippen molar-refractivity contribution in [1.82, 2.24) is 5.32 Å². The second kappa shape index (κ2) is 23.7. The number of aliphatic hydroxyl groups is 1. The minimum atomic E-state index is -4.30. The molecule has 9 heteroatoms. The number of likely N-dealkylation sites (N-methyl/N-ethyl adjacent to an activating group) is 1. The highest BCUT2D eigenvalue weighted by atomic mass is 31.2. The third-order valence-electron chi connectivity index (χ3n) is 6.39. The molecule has 8 nitrogen and oxygen atoms in total. The molecule has 0 radical (unpaired) electrons. The highest BCUT2D eigenvalue weighted by Crippen LogP contribution is 2.43. The molecular formula is C30H60N2O6P+. The fraction of sp³-hybridized carbons (Fsp3) is 0.833. The first-order valence-corrected chi connectivity index (χ1v) is 16.7. The molecule has 3 atom stereocenters. The summed E-state index contributed by atoms with van der Waals surface area (Å²) in [6, 6.07) is -0.852. The van der Waals surface area contributed by atoms with Gasteiger partial charge in [-0.3, -0.25) is 13.8 Å². The highest BCUT2D eigenvalue weighted by Gasteiger charge is 2.27. The highest BCUT2D eigenvalue weighted by molar-refractivity contribution is 7.47. The minimum absolute atomic E-state index is 0.0549. The van der Waals surface area contributed by atoms with Crippen LogP contribution in [-0.2, 0) is 18.4 Å². The van der Waals surface area contributed by atoms with Crippen LogP contribution in [0.3, 0.4) is 0 Å². The van der Waals surface area contributed by atoms with Crippen LogP contribution in [0, 0.1) is 0 Å². The normalized spacial score (nSPS) is 15.6. The van der Waals surface area contributed by atoms with Crippen molar-refractivity contribution in [2.75, 3.05) is 40.9 Å². The predicted molar refractivity (Wildman–Crippen MR) is 161 cm³/mol. The van der Waals surface area contributed by atoms with Crippen molar-refractivity contribution in [2.24, 2.45) is 0 Å². The summed E-state index contributed by atoms with van der Waals surface area (Å²) in [4.78, 5) is 22.1. The largest absolute Gasteiger partial charge is 0.472 e. The van der Waals surface area contributed by atoms with Gasteiger partial charge < -0.3 is 19.8 Å². The van der Waals surface area contributed by atoms with Crippen LogP contribution in [0.25, 0.3) is 0 Å². The summed E-state index contributed by atoms with van der Waals surface area (Å²) in [6.07, 6.45) is 23.9. The third kappa shape index (κ3) is 25.7. The van der Waals surface area contributed by atoms with Gasteiger partial charge in [0, 0.05) is 6.42 Å². The van der Waals surface area contributed by atoms with E-state index in [-0.39, 0.29) is 19.1 Å². The van der Waals surface area contributed by atoms with Gasteiger partial charge in [-0.1, -0.05) is 95.9 Å². The summed E-state index contributed by atoms with van der Waals surface area (Å²) in [5.74, 6) is -0.243. The molecule has 0 saturated heterocycles. The number of unbranched alkanes of at least 4 members (excludes halogenated alkanes) is 11. The van der Waals surface area contributed by atoms with Crippen LogP contribution in [0.1, 0.15) is 110 Å². The first kappa shape index (κ1) is 38.0. The molecule has 0 bridgehead atoms. The van der Waals surface area contributed by atoms with E-state index in [4.69, 9.17) is 9.05 Å². The second-order valence-corrected chi connectivity index (χ2v) is 12.9. The number of nitrogens with one attached hydrogen (secondary N) is 1. The number of rotatable bonds is 26. The Kier molecular flexibility index (Phi) is 23.0. The number of amides is 1. The van der Waals surface area contributed by atoms with Crippen LogP contribution in [0.2, 0.25) is 0 Å². The topological polar surface area (TPSA) is 105 Å². The van der Waals surface area contributed by atoms with Gasteiger partial charge in [-0.05, 0) is 32.1 Å². The van der Waals surface area contributed by atoms with E-state index in [0.717, 1.165) is 19.3 Å². The van der Waals surface area contributed by atoms with E-state index < -0.39 is 20.0 Å². The monoisotopic (exact) mass is 575 g/mol. The number of hydrogen-bond acceptors (Lipinski definition) is 5. The molecule has 3 unspecified atom stereocenters. The molecular weight excluding hydrogens is 515 g/mol. The first-order chi connectivity index (χ1) is 18.5.